The molecule has 156 valence electrons. The lowest BCUT2D eigenvalue weighted by molar-refractivity contribution is -0.0496. The maximum atomic E-state index is 12.6. The number of sulfonamides is 1. The quantitative estimate of drug-likeness (QED) is 0.312. The molecule has 0 amide bonds. The van der Waals surface area contributed by atoms with Crippen LogP contribution in [0.25, 0.3) is 0 Å². The second kappa shape index (κ2) is 11.5. The average molecular weight is 514 g/mol. The van der Waals surface area contributed by atoms with Gasteiger partial charge in [-0.15, -0.1) is 24.0 Å². The molecule has 2 N–H and O–H groups in total. The van der Waals surface area contributed by atoms with Crippen molar-refractivity contribution in [3.63, 3.8) is 0 Å². The van der Waals surface area contributed by atoms with Gasteiger partial charge in [0.25, 0.3) is 0 Å². The van der Waals surface area contributed by atoms with Crippen LogP contribution >= 0.6 is 24.0 Å². The third-order valence-corrected chi connectivity index (χ3v) is 5.70. The van der Waals surface area contributed by atoms with Crippen molar-refractivity contribution in [3.05, 3.63) is 0 Å². The van der Waals surface area contributed by atoms with E-state index in [0.717, 1.165) is 19.5 Å². The second-order valence-electron chi connectivity index (χ2n) is 6.62. The highest BCUT2D eigenvalue weighted by Gasteiger charge is 2.50. The third kappa shape index (κ3) is 8.15. The van der Waals surface area contributed by atoms with E-state index < -0.39 is 15.5 Å². The Hall–Kier alpha value is -0.300. The number of rotatable bonds is 7. The van der Waals surface area contributed by atoms with Crippen LogP contribution in [0.2, 0.25) is 0 Å². The molecule has 1 fully saturated rings. The van der Waals surface area contributed by atoms with Gasteiger partial charge in [0.15, 0.2) is 5.96 Å². The van der Waals surface area contributed by atoms with E-state index in [1.165, 1.54) is 0 Å². The molecule has 1 saturated heterocycles. The molecular weight excluding hydrogens is 484 g/mol. The summed E-state index contributed by atoms with van der Waals surface area (Å²) in [6.07, 6.45) is 1.77. The molecule has 0 atom stereocenters. The summed E-state index contributed by atoms with van der Waals surface area (Å²) in [7, 11) is -5.21. The van der Waals surface area contributed by atoms with E-state index in [1.807, 2.05) is 6.92 Å². The van der Waals surface area contributed by atoms with Crippen molar-refractivity contribution in [2.45, 2.75) is 45.5 Å². The van der Waals surface area contributed by atoms with Crippen LogP contribution in [0, 0.1) is 11.8 Å². The molecule has 0 radical (unpaired) electrons. The number of alkyl halides is 3. The summed E-state index contributed by atoms with van der Waals surface area (Å²) in [4.78, 5) is 4.47. The fraction of sp³-hybridized carbons (Fsp3) is 0.933. The predicted molar refractivity (Wildman–Crippen MR) is 108 cm³/mol. The van der Waals surface area contributed by atoms with Crippen molar-refractivity contribution >= 4 is 40.0 Å². The largest absolute Gasteiger partial charge is 0.511 e. The molecule has 1 aliphatic heterocycles. The zero-order valence-electron chi connectivity index (χ0n) is 15.5. The van der Waals surface area contributed by atoms with Gasteiger partial charge >= 0.3 is 15.5 Å². The molecule has 26 heavy (non-hydrogen) atoms. The Morgan fingerprint density at radius 1 is 1.23 bits per heavy atom. The first-order valence-electron chi connectivity index (χ1n) is 8.66. The first-order valence-corrected chi connectivity index (χ1v) is 10.1. The van der Waals surface area contributed by atoms with Crippen molar-refractivity contribution in [1.82, 2.24) is 14.9 Å². The first kappa shape index (κ1) is 25.7. The minimum absolute atomic E-state index is 0. The maximum Gasteiger partial charge on any atom is 0.511 e. The topological polar surface area (TPSA) is 73.8 Å². The van der Waals surface area contributed by atoms with E-state index in [9.17, 15) is 21.6 Å². The number of hydrogen-bond acceptors (Lipinski definition) is 3. The lowest BCUT2D eigenvalue weighted by atomic mass is 9.98. The molecule has 0 saturated carbocycles. The van der Waals surface area contributed by atoms with Crippen LogP contribution in [0.15, 0.2) is 4.99 Å². The van der Waals surface area contributed by atoms with Gasteiger partial charge in [-0.25, -0.2) is 8.42 Å². The molecule has 1 rings (SSSR count). The molecule has 0 aromatic rings. The monoisotopic (exact) mass is 514 g/mol. The van der Waals surface area contributed by atoms with Gasteiger partial charge in [-0.2, -0.15) is 17.5 Å². The molecule has 0 unspecified atom stereocenters. The Balaban J connectivity index is 0.00000625. The summed E-state index contributed by atoms with van der Waals surface area (Å²) >= 11 is 0. The Morgan fingerprint density at radius 3 is 2.27 bits per heavy atom. The van der Waals surface area contributed by atoms with Crippen LogP contribution in [-0.4, -0.2) is 56.9 Å². The minimum atomic E-state index is -5.23. The number of piperidine rings is 1. The number of aliphatic imine (C=N–C) groups is 1. The molecule has 0 spiro atoms. The summed E-state index contributed by atoms with van der Waals surface area (Å²) in [5.41, 5.74) is -5.23. The summed E-state index contributed by atoms with van der Waals surface area (Å²) in [5, 5.41) is 6.36. The molecule has 11 heteroatoms. The highest BCUT2D eigenvalue weighted by molar-refractivity contribution is 14.0. The molecule has 1 heterocycles. The van der Waals surface area contributed by atoms with Gasteiger partial charge in [0.1, 0.15) is 0 Å². The highest BCUT2D eigenvalue weighted by Crippen LogP contribution is 2.30. The summed E-state index contributed by atoms with van der Waals surface area (Å²) in [6.45, 7) is 7.99. The van der Waals surface area contributed by atoms with Crippen LogP contribution in [0.4, 0.5) is 13.2 Å². The molecule has 1 aliphatic rings. The molecule has 0 aromatic carbocycles. The molecular formula is C15H30F3IN4O2S. The SMILES string of the molecule is CCNC(=NCC1CCN(S(=O)(=O)C(F)(F)F)CC1)NCCC(C)C.I. The van der Waals surface area contributed by atoms with Crippen LogP contribution < -0.4 is 10.6 Å². The van der Waals surface area contributed by atoms with Gasteiger partial charge < -0.3 is 10.6 Å². The van der Waals surface area contributed by atoms with Crippen molar-refractivity contribution in [2.75, 3.05) is 32.7 Å². The van der Waals surface area contributed by atoms with E-state index in [1.54, 1.807) is 0 Å². The van der Waals surface area contributed by atoms with Crippen LogP contribution in [-0.2, 0) is 10.0 Å². The number of nitrogens with zero attached hydrogens (tertiary/aromatic N) is 2. The lowest BCUT2D eigenvalue weighted by Crippen LogP contribution is -2.45. The summed E-state index contributed by atoms with van der Waals surface area (Å²) < 4.78 is 61.0. The fourth-order valence-electron chi connectivity index (χ4n) is 2.52. The van der Waals surface area contributed by atoms with Gasteiger partial charge in [0.2, 0.25) is 0 Å². The molecule has 0 bridgehead atoms. The normalized spacial score (nSPS) is 17.9. The molecule has 0 aromatic heterocycles. The Bertz CT molecular complexity index is 533. The fourth-order valence-corrected chi connectivity index (χ4v) is 3.50. The Kier molecular flexibility index (Phi) is 11.4. The predicted octanol–water partition coefficient (Wildman–Crippen LogP) is 2.77. The first-order chi connectivity index (χ1) is 11.6. The number of hydrogen-bond donors (Lipinski definition) is 2. The van der Waals surface area contributed by atoms with Gasteiger partial charge in [-0.3, -0.25) is 4.99 Å². The molecule has 0 aliphatic carbocycles. The smallest absolute Gasteiger partial charge is 0.357 e. The van der Waals surface area contributed by atoms with Crippen LogP contribution in [0.5, 0.6) is 0 Å². The van der Waals surface area contributed by atoms with Gasteiger partial charge in [0, 0.05) is 32.7 Å². The highest BCUT2D eigenvalue weighted by atomic mass is 127. The average Bonchev–Trinajstić information content (AvgIpc) is 2.51. The number of nitrogens with one attached hydrogen (secondary N) is 2. The van der Waals surface area contributed by atoms with E-state index in [-0.39, 0.29) is 43.0 Å². The van der Waals surface area contributed by atoms with Crippen molar-refractivity contribution in [2.24, 2.45) is 16.8 Å². The molecule has 6 nitrogen and oxygen atoms in total. The van der Waals surface area contributed by atoms with Gasteiger partial charge in [-0.1, -0.05) is 13.8 Å². The van der Waals surface area contributed by atoms with Crippen molar-refractivity contribution < 1.29 is 21.6 Å². The second-order valence-corrected chi connectivity index (χ2v) is 8.55. The standard InChI is InChI=1S/C15H29F3N4O2S.HI/c1-4-19-14(20-8-5-12(2)3)21-11-13-6-9-22(10-7-13)25(23,24)15(16,17)18;/h12-13H,4-11H2,1-3H3,(H2,19,20,21);1H. The van der Waals surface area contributed by atoms with E-state index in [0.29, 0.717) is 35.6 Å². The van der Waals surface area contributed by atoms with Crippen LogP contribution in [0.3, 0.4) is 0 Å². The minimum Gasteiger partial charge on any atom is -0.357 e. The van der Waals surface area contributed by atoms with E-state index >= 15 is 0 Å². The maximum absolute atomic E-state index is 12.6. The lowest BCUT2D eigenvalue weighted by Gasteiger charge is -2.30. The van der Waals surface area contributed by atoms with Crippen LogP contribution in [0.1, 0.15) is 40.0 Å². The Morgan fingerprint density at radius 2 is 1.81 bits per heavy atom. The zero-order valence-corrected chi connectivity index (χ0v) is 18.6. The Labute approximate surface area is 171 Å². The van der Waals surface area contributed by atoms with E-state index in [2.05, 4.69) is 29.5 Å². The van der Waals surface area contributed by atoms with Crippen molar-refractivity contribution in [1.29, 1.82) is 0 Å². The van der Waals surface area contributed by atoms with Crippen molar-refractivity contribution in [3.8, 4) is 0 Å². The van der Waals surface area contributed by atoms with Gasteiger partial charge in [-0.05, 0) is 38.0 Å². The summed E-state index contributed by atoms with van der Waals surface area (Å²) in [5.74, 6) is 1.35. The zero-order chi connectivity index (χ0) is 19.1. The van der Waals surface area contributed by atoms with E-state index in [4.69, 9.17) is 0 Å². The summed E-state index contributed by atoms with van der Waals surface area (Å²) in [6, 6.07) is 0. The number of halogens is 4. The van der Waals surface area contributed by atoms with Gasteiger partial charge in [0.05, 0.1) is 0 Å². The third-order valence-electron chi connectivity index (χ3n) is 4.07. The number of guanidine groups is 1.